The summed E-state index contributed by atoms with van der Waals surface area (Å²) >= 11 is 0. The van der Waals surface area contributed by atoms with Crippen molar-refractivity contribution in [2.75, 3.05) is 5.43 Å². The largest absolute Gasteiger partial charge is 0.340 e. The zero-order chi connectivity index (χ0) is 11.5. The summed E-state index contributed by atoms with van der Waals surface area (Å²) in [6.07, 6.45) is 9.07. The van der Waals surface area contributed by atoms with Crippen LogP contribution in [0.2, 0.25) is 0 Å². The van der Waals surface area contributed by atoms with Crippen LogP contribution in [0.5, 0.6) is 0 Å². The number of rotatable bonds is 2. The molecule has 17 heavy (non-hydrogen) atoms. The Morgan fingerprint density at radius 1 is 1.12 bits per heavy atom. The molecule has 1 aliphatic rings. The first-order valence-electron chi connectivity index (χ1n) is 5.89. The molecule has 0 radical (unpaired) electrons. The van der Waals surface area contributed by atoms with E-state index in [1.165, 1.54) is 31.3 Å². The Kier molecular flexibility index (Phi) is 2.69. The first-order chi connectivity index (χ1) is 8.43. The molecule has 0 amide bonds. The smallest absolute Gasteiger partial charge is 0.182 e. The van der Waals surface area contributed by atoms with Crippen LogP contribution < -0.4 is 5.43 Å². The number of nitrogens with zero attached hydrogens (tertiary/aromatic N) is 4. The van der Waals surface area contributed by atoms with E-state index in [4.69, 9.17) is 0 Å². The lowest BCUT2D eigenvalue weighted by atomic mass is 9.99. The number of aromatic amines is 1. The number of hydrogen-bond acceptors (Lipinski definition) is 5. The molecule has 6 heteroatoms. The topological polar surface area (TPSA) is 78.9 Å². The number of H-pyrrole nitrogens is 1. The van der Waals surface area contributed by atoms with Crippen LogP contribution in [0, 0.1) is 0 Å². The summed E-state index contributed by atoms with van der Waals surface area (Å²) in [5.74, 6) is 0.686. The van der Waals surface area contributed by atoms with Crippen LogP contribution in [0.15, 0.2) is 17.8 Å². The zero-order valence-corrected chi connectivity index (χ0v) is 9.48. The summed E-state index contributed by atoms with van der Waals surface area (Å²) in [5, 5.41) is 4.41. The molecule has 0 aliphatic heterocycles. The van der Waals surface area contributed by atoms with E-state index in [2.05, 4.69) is 30.5 Å². The molecule has 1 saturated carbocycles. The molecular formula is C11H14N6. The van der Waals surface area contributed by atoms with E-state index in [9.17, 15) is 0 Å². The van der Waals surface area contributed by atoms with Crippen molar-refractivity contribution in [3.63, 3.8) is 0 Å². The quantitative estimate of drug-likeness (QED) is 0.774. The minimum Gasteiger partial charge on any atom is -0.340 e. The molecule has 0 unspecified atom stereocenters. The molecule has 0 atom stereocenters. The number of fused-ring (bicyclic) bond motifs is 1. The Labute approximate surface area is 98.6 Å². The molecule has 1 fully saturated rings. The average molecular weight is 230 g/mol. The Balaban J connectivity index is 1.82. The summed E-state index contributed by atoms with van der Waals surface area (Å²) in [6, 6.07) is 0. The number of anilines is 1. The van der Waals surface area contributed by atoms with Gasteiger partial charge in [-0.3, -0.25) is 5.43 Å². The molecule has 0 spiro atoms. The highest BCUT2D eigenvalue weighted by atomic mass is 15.3. The third-order valence-corrected chi connectivity index (χ3v) is 2.97. The predicted octanol–water partition coefficient (Wildman–Crippen LogP) is 2.08. The molecule has 2 aromatic rings. The fourth-order valence-corrected chi connectivity index (χ4v) is 2.05. The Hall–Kier alpha value is -1.98. The third kappa shape index (κ3) is 2.11. The van der Waals surface area contributed by atoms with Crippen molar-refractivity contribution in [3.05, 3.63) is 12.7 Å². The molecule has 2 aromatic heterocycles. The van der Waals surface area contributed by atoms with Crippen LogP contribution in [-0.4, -0.2) is 25.6 Å². The van der Waals surface area contributed by atoms with Crippen molar-refractivity contribution in [1.29, 1.82) is 0 Å². The lowest BCUT2D eigenvalue weighted by Gasteiger charge is -2.12. The van der Waals surface area contributed by atoms with Gasteiger partial charge in [0.15, 0.2) is 11.5 Å². The molecule has 6 nitrogen and oxygen atoms in total. The zero-order valence-electron chi connectivity index (χ0n) is 9.48. The maximum atomic E-state index is 4.41. The van der Waals surface area contributed by atoms with Gasteiger partial charge in [0.25, 0.3) is 0 Å². The molecule has 0 aromatic carbocycles. The van der Waals surface area contributed by atoms with E-state index >= 15 is 0 Å². The Bertz CT molecular complexity index is 536. The first-order valence-corrected chi connectivity index (χ1v) is 5.89. The highest BCUT2D eigenvalue weighted by molar-refractivity contribution is 5.87. The van der Waals surface area contributed by atoms with Gasteiger partial charge >= 0.3 is 0 Å². The molecule has 2 N–H and O–H groups in total. The molecule has 0 bridgehead atoms. The van der Waals surface area contributed by atoms with Crippen molar-refractivity contribution in [2.24, 2.45) is 5.10 Å². The molecule has 0 saturated heterocycles. The van der Waals surface area contributed by atoms with Gasteiger partial charge in [-0.05, 0) is 25.7 Å². The van der Waals surface area contributed by atoms with Gasteiger partial charge in [0.05, 0.1) is 6.33 Å². The lowest BCUT2D eigenvalue weighted by molar-refractivity contribution is 0.665. The fourth-order valence-electron chi connectivity index (χ4n) is 2.05. The van der Waals surface area contributed by atoms with Gasteiger partial charge in [0.2, 0.25) is 0 Å². The van der Waals surface area contributed by atoms with Crippen LogP contribution in [0.3, 0.4) is 0 Å². The van der Waals surface area contributed by atoms with Gasteiger partial charge in [0.1, 0.15) is 11.8 Å². The second kappa shape index (κ2) is 4.48. The van der Waals surface area contributed by atoms with Crippen molar-refractivity contribution in [3.8, 4) is 0 Å². The van der Waals surface area contributed by atoms with Crippen LogP contribution in [0.1, 0.15) is 32.1 Å². The molecular weight excluding hydrogens is 216 g/mol. The summed E-state index contributed by atoms with van der Waals surface area (Å²) < 4.78 is 0. The van der Waals surface area contributed by atoms with Crippen molar-refractivity contribution >= 4 is 22.7 Å². The van der Waals surface area contributed by atoms with E-state index in [1.807, 2.05) is 0 Å². The van der Waals surface area contributed by atoms with E-state index in [0.717, 1.165) is 18.4 Å². The van der Waals surface area contributed by atoms with Crippen molar-refractivity contribution in [2.45, 2.75) is 32.1 Å². The standard InChI is InChI=1S/C11H14N6/c1-2-4-8(5-3-1)16-17-11-9-10(13-6-12-9)14-7-15-11/h6-7H,1-5H2,(H2,12,13,14,15,17). The molecule has 2 heterocycles. The monoisotopic (exact) mass is 230 g/mol. The second-order valence-corrected chi connectivity index (χ2v) is 4.17. The van der Waals surface area contributed by atoms with Gasteiger partial charge in [-0.15, -0.1) is 0 Å². The molecule has 3 rings (SSSR count). The maximum absolute atomic E-state index is 4.41. The van der Waals surface area contributed by atoms with Crippen LogP contribution in [-0.2, 0) is 0 Å². The van der Waals surface area contributed by atoms with Gasteiger partial charge in [-0.1, -0.05) is 6.42 Å². The number of imidazole rings is 1. The molecule has 1 aliphatic carbocycles. The summed E-state index contributed by atoms with van der Waals surface area (Å²) in [4.78, 5) is 15.3. The number of hydrazone groups is 1. The minimum atomic E-state index is 0.659. The second-order valence-electron chi connectivity index (χ2n) is 4.17. The summed E-state index contributed by atoms with van der Waals surface area (Å²) in [5.41, 5.74) is 5.69. The van der Waals surface area contributed by atoms with E-state index in [0.29, 0.717) is 11.5 Å². The Morgan fingerprint density at radius 3 is 2.88 bits per heavy atom. The van der Waals surface area contributed by atoms with E-state index in [1.54, 1.807) is 6.33 Å². The predicted molar refractivity (Wildman–Crippen MR) is 65.8 cm³/mol. The van der Waals surface area contributed by atoms with Gasteiger partial charge < -0.3 is 4.98 Å². The van der Waals surface area contributed by atoms with Crippen LogP contribution >= 0.6 is 0 Å². The maximum Gasteiger partial charge on any atom is 0.182 e. The number of aromatic nitrogens is 4. The number of hydrogen-bond donors (Lipinski definition) is 2. The van der Waals surface area contributed by atoms with Gasteiger partial charge in [0, 0.05) is 5.71 Å². The van der Waals surface area contributed by atoms with Crippen molar-refractivity contribution < 1.29 is 0 Å². The first kappa shape index (κ1) is 10.2. The van der Waals surface area contributed by atoms with Gasteiger partial charge in [-0.25, -0.2) is 15.0 Å². The molecule has 88 valence electrons. The number of nitrogens with one attached hydrogen (secondary N) is 2. The van der Waals surface area contributed by atoms with Crippen molar-refractivity contribution in [1.82, 2.24) is 19.9 Å². The summed E-state index contributed by atoms with van der Waals surface area (Å²) in [7, 11) is 0. The SMILES string of the molecule is c1nc(NN=C2CCCCC2)c2[nH]cnc2n1. The van der Waals surface area contributed by atoms with E-state index in [-0.39, 0.29) is 0 Å². The van der Waals surface area contributed by atoms with E-state index < -0.39 is 0 Å². The summed E-state index contributed by atoms with van der Waals surface area (Å²) in [6.45, 7) is 0. The minimum absolute atomic E-state index is 0.659. The normalized spacial score (nSPS) is 16.1. The highest BCUT2D eigenvalue weighted by Crippen LogP contribution is 2.17. The van der Waals surface area contributed by atoms with Gasteiger partial charge in [-0.2, -0.15) is 5.10 Å². The average Bonchev–Trinajstić information content (AvgIpc) is 2.86. The van der Waals surface area contributed by atoms with Crippen LogP contribution in [0.25, 0.3) is 11.2 Å². The highest BCUT2D eigenvalue weighted by Gasteiger charge is 2.08. The van der Waals surface area contributed by atoms with Crippen LogP contribution in [0.4, 0.5) is 5.82 Å². The fraction of sp³-hybridized carbons (Fsp3) is 0.455. The Morgan fingerprint density at radius 2 is 2.00 bits per heavy atom. The lowest BCUT2D eigenvalue weighted by Crippen LogP contribution is -2.07. The third-order valence-electron chi connectivity index (χ3n) is 2.97.